The first kappa shape index (κ1) is 19.5. The van der Waals surface area contributed by atoms with Crippen molar-refractivity contribution in [2.75, 3.05) is 18.5 Å². The first-order chi connectivity index (χ1) is 15.1. The van der Waals surface area contributed by atoms with Gasteiger partial charge >= 0.3 is 11.9 Å². The number of rotatable bonds is 5. The lowest BCUT2D eigenvalue weighted by Gasteiger charge is -2.24. The van der Waals surface area contributed by atoms with Gasteiger partial charge in [0.2, 0.25) is 5.89 Å². The van der Waals surface area contributed by atoms with Crippen LogP contribution in [0.1, 0.15) is 44.4 Å². The molecule has 2 aliphatic rings. The lowest BCUT2D eigenvalue weighted by Crippen LogP contribution is -2.31. The highest BCUT2D eigenvalue weighted by atomic mass is 16.5. The van der Waals surface area contributed by atoms with Gasteiger partial charge in [0, 0.05) is 25.2 Å². The number of nitrogens with one attached hydrogen (secondary N) is 1. The van der Waals surface area contributed by atoms with Crippen molar-refractivity contribution >= 4 is 28.7 Å². The van der Waals surface area contributed by atoms with E-state index in [1.807, 2.05) is 6.92 Å². The van der Waals surface area contributed by atoms with Gasteiger partial charge in [-0.1, -0.05) is 0 Å². The Labute approximate surface area is 177 Å². The number of aryl methyl sites for hydroxylation is 1. The first-order valence-corrected chi connectivity index (χ1v) is 10.4. The molecule has 0 aromatic carbocycles. The van der Waals surface area contributed by atoms with Crippen molar-refractivity contribution in [1.29, 1.82) is 0 Å². The molecule has 3 aromatic heterocycles. The third kappa shape index (κ3) is 3.71. The molecule has 0 amide bonds. The molecule has 0 spiro atoms. The van der Waals surface area contributed by atoms with Crippen molar-refractivity contribution < 1.29 is 23.5 Å². The number of esters is 2. The average Bonchev–Trinajstić information content (AvgIpc) is 3.41. The molecule has 3 aromatic rings. The number of carbonyl (C=O) groups excluding carboxylic acids is 2. The molecule has 2 atom stereocenters. The Morgan fingerprint density at radius 2 is 1.90 bits per heavy atom. The molecule has 2 unspecified atom stereocenters. The Kier molecular flexibility index (Phi) is 5.00. The largest absolute Gasteiger partial charge is 0.466 e. The van der Waals surface area contributed by atoms with Crippen molar-refractivity contribution in [3.05, 3.63) is 18.3 Å². The van der Waals surface area contributed by atoms with Crippen LogP contribution in [0.15, 0.2) is 16.8 Å². The smallest absolute Gasteiger partial charge is 0.307 e. The first-order valence-electron chi connectivity index (χ1n) is 10.4. The minimum atomic E-state index is -0.266. The normalized spacial score (nSPS) is 21.7. The van der Waals surface area contributed by atoms with Gasteiger partial charge in [-0.05, 0) is 13.3 Å². The number of anilines is 1. The van der Waals surface area contributed by atoms with E-state index in [4.69, 9.17) is 13.9 Å². The Morgan fingerprint density at radius 3 is 2.68 bits per heavy atom. The van der Waals surface area contributed by atoms with Gasteiger partial charge in [0.15, 0.2) is 5.65 Å². The second kappa shape index (κ2) is 7.97. The van der Waals surface area contributed by atoms with E-state index in [1.54, 1.807) is 17.1 Å². The summed E-state index contributed by atoms with van der Waals surface area (Å²) < 4.78 is 17.8. The molecule has 11 nitrogen and oxygen atoms in total. The zero-order valence-corrected chi connectivity index (χ0v) is 17.0. The summed E-state index contributed by atoms with van der Waals surface area (Å²) in [5.41, 5.74) is 2.09. The van der Waals surface area contributed by atoms with Crippen LogP contribution in [0, 0.1) is 0 Å². The van der Waals surface area contributed by atoms with Crippen LogP contribution in [0.5, 0.6) is 0 Å². The quantitative estimate of drug-likeness (QED) is 0.604. The van der Waals surface area contributed by atoms with Crippen molar-refractivity contribution in [3.63, 3.8) is 0 Å². The molecule has 0 aliphatic carbocycles. The molecule has 31 heavy (non-hydrogen) atoms. The molecule has 0 saturated carbocycles. The van der Waals surface area contributed by atoms with Crippen LogP contribution >= 0.6 is 0 Å². The van der Waals surface area contributed by atoms with E-state index in [-0.39, 0.29) is 36.7 Å². The predicted octanol–water partition coefficient (Wildman–Crippen LogP) is 2.04. The van der Waals surface area contributed by atoms with Gasteiger partial charge in [0.25, 0.3) is 5.89 Å². The summed E-state index contributed by atoms with van der Waals surface area (Å²) in [5, 5.41) is 17.1. The Bertz CT molecular complexity index is 1140. The molecule has 2 fully saturated rings. The molecular weight excluding hydrogens is 404 g/mol. The van der Waals surface area contributed by atoms with Crippen LogP contribution in [0.4, 0.5) is 5.69 Å². The second-order valence-corrected chi connectivity index (χ2v) is 7.65. The maximum Gasteiger partial charge on any atom is 0.307 e. The highest BCUT2D eigenvalue weighted by Crippen LogP contribution is 2.36. The Morgan fingerprint density at radius 1 is 1.10 bits per heavy atom. The third-order valence-electron chi connectivity index (χ3n) is 5.62. The molecule has 11 heteroatoms. The number of hydrogen-bond donors (Lipinski definition) is 1. The van der Waals surface area contributed by atoms with Crippen LogP contribution < -0.4 is 5.32 Å². The summed E-state index contributed by atoms with van der Waals surface area (Å²) in [7, 11) is 0. The van der Waals surface area contributed by atoms with E-state index in [1.165, 1.54) is 0 Å². The van der Waals surface area contributed by atoms with Gasteiger partial charge in [-0.15, -0.1) is 10.2 Å². The van der Waals surface area contributed by atoms with Crippen LogP contribution in [0.3, 0.4) is 0 Å². The third-order valence-corrected chi connectivity index (χ3v) is 5.62. The van der Waals surface area contributed by atoms with Gasteiger partial charge < -0.3 is 19.2 Å². The minimum Gasteiger partial charge on any atom is -0.466 e. The number of nitrogens with zero attached hydrogens (tertiary/aromatic N) is 5. The summed E-state index contributed by atoms with van der Waals surface area (Å²) in [5.74, 6) is 0.0462. The van der Waals surface area contributed by atoms with E-state index >= 15 is 0 Å². The standard InChI is InChI=1S/C20H22N6O5/c1-2-26-18-13(10-22-26)17(23-12-4-6-30-16(28)8-12)14(9-21-18)20-25-24-19(31-20)11-3-5-29-15(27)7-11/h9-12H,2-8H2,1H3,(H,21,23). The molecule has 2 saturated heterocycles. The topological polar surface area (TPSA) is 134 Å². The van der Waals surface area contributed by atoms with E-state index < -0.39 is 0 Å². The zero-order chi connectivity index (χ0) is 21.4. The summed E-state index contributed by atoms with van der Waals surface area (Å²) in [4.78, 5) is 27.9. The molecule has 0 radical (unpaired) electrons. The van der Waals surface area contributed by atoms with Crippen LogP contribution in [0.2, 0.25) is 0 Å². The lowest BCUT2D eigenvalue weighted by atomic mass is 10.0. The number of aromatic nitrogens is 5. The Hall–Kier alpha value is -3.50. The Balaban J connectivity index is 1.53. The molecule has 1 N–H and O–H groups in total. The molecule has 0 bridgehead atoms. The van der Waals surface area contributed by atoms with E-state index in [0.29, 0.717) is 49.9 Å². The molecule has 2 aliphatic heterocycles. The van der Waals surface area contributed by atoms with Gasteiger partial charge in [-0.3, -0.25) is 9.59 Å². The number of hydrogen-bond acceptors (Lipinski definition) is 10. The van der Waals surface area contributed by atoms with Gasteiger partial charge in [-0.25, -0.2) is 9.67 Å². The maximum absolute atomic E-state index is 11.8. The number of carbonyl (C=O) groups is 2. The van der Waals surface area contributed by atoms with Crippen molar-refractivity contribution in [2.24, 2.45) is 0 Å². The van der Waals surface area contributed by atoms with Crippen LogP contribution in [-0.2, 0) is 25.6 Å². The van der Waals surface area contributed by atoms with E-state index in [0.717, 1.165) is 16.7 Å². The van der Waals surface area contributed by atoms with E-state index in [9.17, 15) is 9.59 Å². The fraction of sp³-hybridized carbons (Fsp3) is 0.500. The minimum absolute atomic E-state index is 0.0916. The summed E-state index contributed by atoms with van der Waals surface area (Å²) in [6, 6.07) is -0.0916. The van der Waals surface area contributed by atoms with Crippen molar-refractivity contribution in [3.8, 4) is 11.5 Å². The maximum atomic E-state index is 11.8. The van der Waals surface area contributed by atoms with Crippen molar-refractivity contribution in [1.82, 2.24) is 25.0 Å². The SMILES string of the molecule is CCn1ncc2c(NC3CCOC(=O)C3)c(-c3nnc(C4CCOC(=O)C4)o3)cnc21. The van der Waals surface area contributed by atoms with Crippen molar-refractivity contribution in [2.45, 2.75) is 51.1 Å². The average molecular weight is 426 g/mol. The molecule has 5 rings (SSSR count). The highest BCUT2D eigenvalue weighted by molar-refractivity contribution is 5.96. The molecule has 5 heterocycles. The van der Waals surface area contributed by atoms with Crippen LogP contribution in [-0.4, -0.2) is 56.2 Å². The lowest BCUT2D eigenvalue weighted by molar-refractivity contribution is -0.148. The highest BCUT2D eigenvalue weighted by Gasteiger charge is 2.29. The monoisotopic (exact) mass is 426 g/mol. The van der Waals surface area contributed by atoms with Crippen LogP contribution in [0.25, 0.3) is 22.5 Å². The number of pyridine rings is 1. The number of cyclic esters (lactones) is 2. The van der Waals surface area contributed by atoms with Gasteiger partial charge in [-0.2, -0.15) is 5.10 Å². The van der Waals surface area contributed by atoms with Gasteiger partial charge in [0.05, 0.1) is 54.8 Å². The molecular formula is C20H22N6O5. The van der Waals surface area contributed by atoms with E-state index in [2.05, 4.69) is 25.6 Å². The number of ether oxygens (including phenoxy) is 2. The molecule has 162 valence electrons. The predicted molar refractivity (Wildman–Crippen MR) is 107 cm³/mol. The summed E-state index contributed by atoms with van der Waals surface area (Å²) >= 11 is 0. The van der Waals surface area contributed by atoms with Gasteiger partial charge in [0.1, 0.15) is 0 Å². The summed E-state index contributed by atoms with van der Waals surface area (Å²) in [6.45, 7) is 3.38. The summed E-state index contributed by atoms with van der Waals surface area (Å²) in [6.07, 6.45) is 5.24. The second-order valence-electron chi connectivity index (χ2n) is 7.65. The zero-order valence-electron chi connectivity index (χ0n) is 17.0. The fourth-order valence-corrected chi connectivity index (χ4v) is 3.98. The fourth-order valence-electron chi connectivity index (χ4n) is 3.98. The number of fused-ring (bicyclic) bond motifs is 1.